The van der Waals surface area contributed by atoms with E-state index in [4.69, 9.17) is 0 Å². The Hall–Kier alpha value is 0.440. The minimum absolute atomic E-state index is 0.652. The van der Waals surface area contributed by atoms with Crippen molar-refractivity contribution in [1.29, 1.82) is 0 Å². The maximum atomic E-state index is 3.80. The molecule has 1 unspecified atom stereocenters. The molecule has 1 rings (SSSR count). The van der Waals surface area contributed by atoms with Gasteiger partial charge in [0, 0.05) is 0 Å². The predicted molar refractivity (Wildman–Crippen MR) is 62.3 cm³/mol. The molecule has 1 heterocycles. The fourth-order valence-corrected chi connectivity index (χ4v) is 2.68. The van der Waals surface area contributed by atoms with Crippen molar-refractivity contribution >= 4 is 15.9 Å². The number of unbranched alkanes of at least 4 members (excludes halogenated alkanes) is 2. The third kappa shape index (κ3) is 4.46. The number of hydrogen-bond donors (Lipinski definition) is 0. The molecule has 1 aliphatic rings. The van der Waals surface area contributed by atoms with Gasteiger partial charge >= 0.3 is 0 Å². The number of hydrogen-bond acceptors (Lipinski definition) is 1. The molecule has 1 fully saturated rings. The molecule has 1 saturated heterocycles. The van der Waals surface area contributed by atoms with Gasteiger partial charge in [0.2, 0.25) is 0 Å². The Bertz CT molecular complexity index is 121. The third-order valence-electron chi connectivity index (χ3n) is 2.83. The molecule has 0 spiro atoms. The van der Waals surface area contributed by atoms with Crippen LogP contribution in [0.4, 0.5) is 0 Å². The summed E-state index contributed by atoms with van der Waals surface area (Å²) < 4.78 is 0. The van der Waals surface area contributed by atoms with Crippen molar-refractivity contribution in [2.75, 3.05) is 13.1 Å². The van der Waals surface area contributed by atoms with Crippen molar-refractivity contribution in [3.63, 3.8) is 0 Å². The summed E-state index contributed by atoms with van der Waals surface area (Å²) in [5.41, 5.74) is 0. The summed E-state index contributed by atoms with van der Waals surface area (Å²) in [5.74, 6) is 0. The lowest BCUT2D eigenvalue weighted by Crippen LogP contribution is -2.35. The van der Waals surface area contributed by atoms with Gasteiger partial charge < -0.3 is 0 Å². The summed E-state index contributed by atoms with van der Waals surface area (Å²) in [6.07, 6.45) is 9.66. The molecule has 0 aromatic heterocycles. The minimum Gasteiger partial charge on any atom is -0.291 e. The van der Waals surface area contributed by atoms with Gasteiger partial charge in [-0.05, 0) is 32.4 Å². The number of halogens is 1. The van der Waals surface area contributed by atoms with Gasteiger partial charge in [0.05, 0.1) is 4.95 Å². The molecule has 0 amide bonds. The highest BCUT2D eigenvalue weighted by molar-refractivity contribution is 9.09. The molecule has 0 aromatic carbocycles. The van der Waals surface area contributed by atoms with Crippen LogP contribution >= 0.6 is 15.9 Å². The Morgan fingerprint density at radius 3 is 2.46 bits per heavy atom. The molecule has 78 valence electrons. The molecular weight excluding hydrogens is 226 g/mol. The first kappa shape index (κ1) is 11.5. The third-order valence-corrected chi connectivity index (χ3v) is 3.87. The average molecular weight is 248 g/mol. The van der Waals surface area contributed by atoms with Crippen LogP contribution in [0.1, 0.15) is 51.9 Å². The van der Waals surface area contributed by atoms with E-state index in [2.05, 4.69) is 27.8 Å². The Morgan fingerprint density at radius 2 is 1.85 bits per heavy atom. The lowest BCUT2D eigenvalue weighted by molar-refractivity contribution is 0.208. The molecular formula is C11H22BrN. The van der Waals surface area contributed by atoms with Gasteiger partial charge in [-0.25, -0.2) is 0 Å². The zero-order valence-electron chi connectivity index (χ0n) is 8.77. The predicted octanol–water partition coefficient (Wildman–Crippen LogP) is 3.77. The first-order valence-electron chi connectivity index (χ1n) is 5.72. The van der Waals surface area contributed by atoms with Crippen LogP contribution in [0.15, 0.2) is 0 Å². The van der Waals surface area contributed by atoms with Gasteiger partial charge in [-0.2, -0.15) is 0 Å². The molecule has 0 aliphatic carbocycles. The van der Waals surface area contributed by atoms with Gasteiger partial charge in [0.1, 0.15) is 0 Å². The monoisotopic (exact) mass is 247 g/mol. The van der Waals surface area contributed by atoms with Gasteiger partial charge in [-0.1, -0.05) is 48.5 Å². The van der Waals surface area contributed by atoms with E-state index in [1.54, 1.807) is 0 Å². The van der Waals surface area contributed by atoms with Crippen LogP contribution in [0.5, 0.6) is 0 Å². The van der Waals surface area contributed by atoms with E-state index in [1.165, 1.54) is 58.0 Å². The van der Waals surface area contributed by atoms with E-state index in [1.807, 2.05) is 0 Å². The number of rotatable bonds is 5. The zero-order valence-corrected chi connectivity index (χ0v) is 10.4. The fourth-order valence-electron chi connectivity index (χ4n) is 1.94. The summed E-state index contributed by atoms with van der Waals surface area (Å²) in [6.45, 7) is 4.88. The molecule has 0 aromatic rings. The van der Waals surface area contributed by atoms with E-state index in [0.29, 0.717) is 4.95 Å². The van der Waals surface area contributed by atoms with Gasteiger partial charge in [0.25, 0.3) is 0 Å². The van der Waals surface area contributed by atoms with Crippen molar-refractivity contribution < 1.29 is 0 Å². The van der Waals surface area contributed by atoms with E-state index in [-0.39, 0.29) is 0 Å². The molecule has 0 bridgehead atoms. The lowest BCUT2D eigenvalue weighted by Gasteiger charge is -2.31. The van der Waals surface area contributed by atoms with Crippen LogP contribution in [0.25, 0.3) is 0 Å². The quantitative estimate of drug-likeness (QED) is 0.406. The van der Waals surface area contributed by atoms with Crippen LogP contribution in [0.3, 0.4) is 0 Å². The number of piperidine rings is 1. The highest BCUT2D eigenvalue weighted by Crippen LogP contribution is 2.20. The van der Waals surface area contributed by atoms with E-state index < -0.39 is 0 Å². The second-order valence-electron chi connectivity index (χ2n) is 4.03. The topological polar surface area (TPSA) is 3.24 Å². The first-order chi connectivity index (χ1) is 6.34. The van der Waals surface area contributed by atoms with Gasteiger partial charge in [-0.15, -0.1) is 0 Å². The van der Waals surface area contributed by atoms with Crippen molar-refractivity contribution in [3.8, 4) is 0 Å². The molecule has 0 N–H and O–H groups in total. The van der Waals surface area contributed by atoms with Crippen molar-refractivity contribution in [1.82, 2.24) is 4.90 Å². The summed E-state index contributed by atoms with van der Waals surface area (Å²) in [5, 5.41) is 0. The Balaban J connectivity index is 2.09. The highest BCUT2D eigenvalue weighted by Gasteiger charge is 2.16. The van der Waals surface area contributed by atoms with Crippen LogP contribution in [-0.2, 0) is 0 Å². The standard InChI is InChI=1S/C11H22BrN/c1-2-3-5-8-11(12)13-9-6-4-7-10-13/h11H,2-10H2,1H3. The summed E-state index contributed by atoms with van der Waals surface area (Å²) >= 11 is 3.80. The summed E-state index contributed by atoms with van der Waals surface area (Å²) in [7, 11) is 0. The molecule has 2 heteroatoms. The molecule has 1 aliphatic heterocycles. The SMILES string of the molecule is CCCCCC(Br)N1CCCCC1. The van der Waals surface area contributed by atoms with Crippen LogP contribution in [0.2, 0.25) is 0 Å². The zero-order chi connectivity index (χ0) is 9.52. The maximum absolute atomic E-state index is 3.80. The number of alkyl halides is 1. The molecule has 1 atom stereocenters. The van der Waals surface area contributed by atoms with Crippen molar-refractivity contribution in [2.45, 2.75) is 56.8 Å². The number of likely N-dealkylation sites (tertiary alicyclic amines) is 1. The van der Waals surface area contributed by atoms with Gasteiger partial charge in [-0.3, -0.25) is 4.90 Å². The van der Waals surface area contributed by atoms with Crippen molar-refractivity contribution in [3.05, 3.63) is 0 Å². The molecule has 0 saturated carbocycles. The molecule has 0 radical (unpaired) electrons. The second-order valence-corrected chi connectivity index (χ2v) is 5.08. The maximum Gasteiger partial charge on any atom is 0.0655 e. The van der Waals surface area contributed by atoms with Crippen LogP contribution in [0, 0.1) is 0 Å². The normalized spacial score (nSPS) is 21.7. The Labute approximate surface area is 91.0 Å². The van der Waals surface area contributed by atoms with E-state index >= 15 is 0 Å². The lowest BCUT2D eigenvalue weighted by atomic mass is 10.1. The summed E-state index contributed by atoms with van der Waals surface area (Å²) in [4.78, 5) is 3.25. The molecule has 1 nitrogen and oxygen atoms in total. The highest BCUT2D eigenvalue weighted by atomic mass is 79.9. The number of nitrogens with zero attached hydrogens (tertiary/aromatic N) is 1. The summed E-state index contributed by atoms with van der Waals surface area (Å²) in [6, 6.07) is 0. The van der Waals surface area contributed by atoms with E-state index in [9.17, 15) is 0 Å². The van der Waals surface area contributed by atoms with Gasteiger partial charge in [0.15, 0.2) is 0 Å². The molecule has 13 heavy (non-hydrogen) atoms. The van der Waals surface area contributed by atoms with Crippen LogP contribution in [-0.4, -0.2) is 22.9 Å². The van der Waals surface area contributed by atoms with E-state index in [0.717, 1.165) is 0 Å². The fraction of sp³-hybridized carbons (Fsp3) is 1.00. The van der Waals surface area contributed by atoms with Crippen LogP contribution < -0.4 is 0 Å². The second kappa shape index (κ2) is 6.83. The smallest absolute Gasteiger partial charge is 0.0655 e. The Morgan fingerprint density at radius 1 is 1.15 bits per heavy atom. The average Bonchev–Trinajstić information content (AvgIpc) is 2.19. The Kier molecular flexibility index (Phi) is 6.05. The minimum atomic E-state index is 0.652. The van der Waals surface area contributed by atoms with Crippen molar-refractivity contribution in [2.24, 2.45) is 0 Å². The largest absolute Gasteiger partial charge is 0.291 e. The first-order valence-corrected chi connectivity index (χ1v) is 6.64.